The normalized spacial score (nSPS) is 10.4. The first kappa shape index (κ1) is 17.3. The van der Waals surface area contributed by atoms with Crippen molar-refractivity contribution in [2.75, 3.05) is 19.4 Å². The number of nitrogens with one attached hydrogen (secondary N) is 1. The van der Waals surface area contributed by atoms with E-state index in [1.54, 1.807) is 44.0 Å². The number of benzene rings is 1. The predicted molar refractivity (Wildman–Crippen MR) is 98.9 cm³/mol. The maximum absolute atomic E-state index is 12.5. The van der Waals surface area contributed by atoms with Crippen LogP contribution in [0.2, 0.25) is 0 Å². The first-order valence-electron chi connectivity index (χ1n) is 8.04. The number of nitrogens with zero attached hydrogens (tertiary/aromatic N) is 4. The standard InChI is InChI=1S/C19H19N5O2/c1-23(2)19(26)17-21-16(12-24(17)3)22-18(25)15-11-7-10-14(20-15)13-8-5-4-6-9-13/h4-12H,1-3H3,(H,22,25). The lowest BCUT2D eigenvalue weighted by Crippen LogP contribution is -2.24. The SMILES string of the molecule is CN(C)C(=O)c1nc(NC(=O)c2cccc(-c3ccccc3)n2)cn1C. The van der Waals surface area contributed by atoms with Crippen molar-refractivity contribution >= 4 is 17.6 Å². The molecular formula is C19H19N5O2. The molecule has 7 nitrogen and oxygen atoms in total. The van der Waals surface area contributed by atoms with Crippen molar-refractivity contribution in [1.82, 2.24) is 19.4 Å². The molecule has 3 rings (SSSR count). The highest BCUT2D eigenvalue weighted by Crippen LogP contribution is 2.17. The van der Waals surface area contributed by atoms with E-state index in [1.165, 1.54) is 4.90 Å². The van der Waals surface area contributed by atoms with Crippen molar-refractivity contribution in [3.05, 3.63) is 66.2 Å². The molecular weight excluding hydrogens is 330 g/mol. The zero-order valence-corrected chi connectivity index (χ0v) is 14.8. The second-order valence-corrected chi connectivity index (χ2v) is 5.99. The summed E-state index contributed by atoms with van der Waals surface area (Å²) in [7, 11) is 5.00. The molecule has 2 amide bonds. The predicted octanol–water partition coefficient (Wildman–Crippen LogP) is 2.44. The fourth-order valence-corrected chi connectivity index (χ4v) is 2.44. The maximum atomic E-state index is 12.5. The van der Waals surface area contributed by atoms with Gasteiger partial charge in [-0.05, 0) is 12.1 Å². The summed E-state index contributed by atoms with van der Waals surface area (Å²) < 4.78 is 1.58. The molecule has 0 unspecified atom stereocenters. The smallest absolute Gasteiger partial charge is 0.289 e. The van der Waals surface area contributed by atoms with Gasteiger partial charge in [-0.1, -0.05) is 36.4 Å². The van der Waals surface area contributed by atoms with Crippen molar-refractivity contribution in [3.8, 4) is 11.3 Å². The summed E-state index contributed by atoms with van der Waals surface area (Å²) in [5.74, 6) is -0.0761. The molecule has 132 valence electrons. The third kappa shape index (κ3) is 3.61. The Morgan fingerprint density at radius 2 is 1.73 bits per heavy atom. The number of aromatic nitrogens is 3. The lowest BCUT2D eigenvalue weighted by atomic mass is 10.1. The molecule has 0 saturated carbocycles. The van der Waals surface area contributed by atoms with Crippen LogP contribution in [0.4, 0.5) is 5.82 Å². The average Bonchev–Trinajstić information content (AvgIpc) is 3.01. The van der Waals surface area contributed by atoms with Crippen molar-refractivity contribution in [2.24, 2.45) is 7.05 Å². The summed E-state index contributed by atoms with van der Waals surface area (Å²) >= 11 is 0. The Bertz CT molecular complexity index is 948. The van der Waals surface area contributed by atoms with E-state index >= 15 is 0 Å². The number of pyridine rings is 1. The first-order chi connectivity index (χ1) is 12.5. The maximum Gasteiger partial charge on any atom is 0.289 e. The molecule has 0 aliphatic rings. The Labute approximate surface area is 151 Å². The van der Waals surface area contributed by atoms with Gasteiger partial charge in [0.1, 0.15) is 5.69 Å². The molecule has 1 N–H and O–H groups in total. The second-order valence-electron chi connectivity index (χ2n) is 5.99. The van der Waals surface area contributed by atoms with E-state index in [-0.39, 0.29) is 23.3 Å². The van der Waals surface area contributed by atoms with Crippen LogP contribution in [0.1, 0.15) is 21.1 Å². The summed E-state index contributed by atoms with van der Waals surface area (Å²) in [5.41, 5.74) is 1.92. The molecule has 2 heterocycles. The van der Waals surface area contributed by atoms with Crippen LogP contribution < -0.4 is 5.32 Å². The molecule has 0 saturated heterocycles. The van der Waals surface area contributed by atoms with Gasteiger partial charge in [-0.25, -0.2) is 9.97 Å². The Morgan fingerprint density at radius 3 is 2.42 bits per heavy atom. The molecule has 0 atom stereocenters. The van der Waals surface area contributed by atoms with Crippen LogP contribution >= 0.6 is 0 Å². The van der Waals surface area contributed by atoms with Crippen molar-refractivity contribution in [1.29, 1.82) is 0 Å². The first-order valence-corrected chi connectivity index (χ1v) is 8.04. The lowest BCUT2D eigenvalue weighted by Gasteiger charge is -2.08. The highest BCUT2D eigenvalue weighted by atomic mass is 16.2. The molecule has 7 heteroatoms. The molecule has 3 aromatic rings. The Hall–Kier alpha value is -3.48. The number of hydrogen-bond donors (Lipinski definition) is 1. The Kier molecular flexibility index (Phi) is 4.79. The van der Waals surface area contributed by atoms with E-state index < -0.39 is 0 Å². The molecule has 0 radical (unpaired) electrons. The quantitative estimate of drug-likeness (QED) is 0.784. The summed E-state index contributed by atoms with van der Waals surface area (Å²) in [4.78, 5) is 34.6. The number of hydrogen-bond acceptors (Lipinski definition) is 4. The lowest BCUT2D eigenvalue weighted by molar-refractivity contribution is 0.0812. The molecule has 1 aromatic carbocycles. The number of rotatable bonds is 4. The molecule has 0 bridgehead atoms. The monoisotopic (exact) mass is 349 g/mol. The van der Waals surface area contributed by atoms with Crippen molar-refractivity contribution < 1.29 is 9.59 Å². The number of aryl methyl sites for hydroxylation is 1. The average molecular weight is 349 g/mol. The van der Waals surface area contributed by atoms with Crippen LogP contribution in [0.5, 0.6) is 0 Å². The van der Waals surface area contributed by atoms with Crippen LogP contribution in [0, 0.1) is 0 Å². The van der Waals surface area contributed by atoms with E-state index in [2.05, 4.69) is 15.3 Å². The third-order valence-electron chi connectivity index (χ3n) is 3.77. The van der Waals surface area contributed by atoms with Gasteiger partial charge >= 0.3 is 0 Å². The van der Waals surface area contributed by atoms with Gasteiger partial charge < -0.3 is 14.8 Å². The number of carbonyl (C=O) groups excluding carboxylic acids is 2. The Morgan fingerprint density at radius 1 is 1.00 bits per heavy atom. The van der Waals surface area contributed by atoms with E-state index in [9.17, 15) is 9.59 Å². The molecule has 0 spiro atoms. The van der Waals surface area contributed by atoms with Crippen LogP contribution in [0.25, 0.3) is 11.3 Å². The molecule has 0 aliphatic heterocycles. The number of imidazole rings is 1. The highest BCUT2D eigenvalue weighted by Gasteiger charge is 2.17. The minimum atomic E-state index is -0.385. The Balaban J connectivity index is 1.81. The summed E-state index contributed by atoms with van der Waals surface area (Å²) in [6.45, 7) is 0. The number of amides is 2. The van der Waals surface area contributed by atoms with Crippen molar-refractivity contribution in [3.63, 3.8) is 0 Å². The van der Waals surface area contributed by atoms with Gasteiger partial charge in [0.05, 0.1) is 5.69 Å². The van der Waals surface area contributed by atoms with Gasteiger partial charge in [-0.2, -0.15) is 0 Å². The van der Waals surface area contributed by atoms with Crippen LogP contribution in [-0.4, -0.2) is 45.3 Å². The topological polar surface area (TPSA) is 80.1 Å². The largest absolute Gasteiger partial charge is 0.342 e. The van der Waals surface area contributed by atoms with Gasteiger partial charge in [0.15, 0.2) is 5.82 Å². The van der Waals surface area contributed by atoms with E-state index in [1.807, 2.05) is 36.4 Å². The van der Waals surface area contributed by atoms with Gasteiger partial charge in [-0.15, -0.1) is 0 Å². The van der Waals surface area contributed by atoms with Gasteiger partial charge in [0.2, 0.25) is 5.82 Å². The summed E-state index contributed by atoms with van der Waals surface area (Å²) in [6, 6.07) is 14.9. The summed E-state index contributed by atoms with van der Waals surface area (Å²) in [5, 5.41) is 2.69. The van der Waals surface area contributed by atoms with Crippen LogP contribution in [0.15, 0.2) is 54.7 Å². The number of carbonyl (C=O) groups is 2. The van der Waals surface area contributed by atoms with Gasteiger partial charge in [0.25, 0.3) is 11.8 Å². The highest BCUT2D eigenvalue weighted by molar-refractivity contribution is 6.03. The van der Waals surface area contributed by atoms with Gasteiger partial charge in [-0.3, -0.25) is 9.59 Å². The van der Waals surface area contributed by atoms with E-state index in [0.29, 0.717) is 11.5 Å². The van der Waals surface area contributed by atoms with Crippen LogP contribution in [-0.2, 0) is 7.05 Å². The summed E-state index contributed by atoms with van der Waals surface area (Å²) in [6.07, 6.45) is 1.59. The minimum Gasteiger partial charge on any atom is -0.342 e. The number of anilines is 1. The fraction of sp³-hybridized carbons (Fsp3) is 0.158. The second kappa shape index (κ2) is 7.18. The van der Waals surface area contributed by atoms with Gasteiger partial charge in [0, 0.05) is 32.9 Å². The van der Waals surface area contributed by atoms with E-state index in [4.69, 9.17) is 0 Å². The molecule has 2 aromatic heterocycles. The van der Waals surface area contributed by atoms with Crippen molar-refractivity contribution in [2.45, 2.75) is 0 Å². The van der Waals surface area contributed by atoms with E-state index in [0.717, 1.165) is 5.56 Å². The molecule has 26 heavy (non-hydrogen) atoms. The zero-order chi connectivity index (χ0) is 18.7. The minimum absolute atomic E-state index is 0.239. The molecule has 0 fully saturated rings. The third-order valence-corrected chi connectivity index (χ3v) is 3.77. The van der Waals surface area contributed by atoms with Crippen LogP contribution in [0.3, 0.4) is 0 Å². The zero-order valence-electron chi connectivity index (χ0n) is 14.8. The fourth-order valence-electron chi connectivity index (χ4n) is 2.44. The molecule has 0 aliphatic carbocycles.